The summed E-state index contributed by atoms with van der Waals surface area (Å²) in [7, 11) is 0. The highest BCUT2D eigenvalue weighted by Gasteiger charge is 2.38. The standard InChI is InChI=1S/C29H34NO2.ClH/c1-21(2)30(22(3)4,23-13-6-5-7-14-23)20-12-17-26(31)29-24-15-8-10-18-27(24)32-28-19-11-9-16-25(28)29;/h5-11,13-16,18-19,21-22,29H,12,17,20H2,1-4H3;1H/q+1;/p-1. The maximum absolute atomic E-state index is 13.6. The molecule has 4 heteroatoms. The van der Waals surface area contributed by atoms with Crippen molar-refractivity contribution in [3.8, 4) is 11.5 Å². The van der Waals surface area contributed by atoms with Crippen molar-refractivity contribution in [3.05, 3.63) is 90.0 Å². The van der Waals surface area contributed by atoms with Crippen LogP contribution in [0.5, 0.6) is 11.5 Å². The predicted octanol–water partition coefficient (Wildman–Crippen LogP) is 4.10. The van der Waals surface area contributed by atoms with Gasteiger partial charge in [0.25, 0.3) is 0 Å². The smallest absolute Gasteiger partial charge is 0.145 e. The molecule has 0 spiro atoms. The molecule has 4 rings (SSSR count). The van der Waals surface area contributed by atoms with Gasteiger partial charge in [-0.25, -0.2) is 0 Å². The lowest BCUT2D eigenvalue weighted by Crippen LogP contribution is -3.00. The number of carbonyl (C=O) groups is 1. The zero-order chi connectivity index (χ0) is 22.7. The van der Waals surface area contributed by atoms with Crippen molar-refractivity contribution in [3.63, 3.8) is 0 Å². The highest BCUT2D eigenvalue weighted by atomic mass is 35.5. The van der Waals surface area contributed by atoms with Gasteiger partial charge < -0.3 is 17.1 Å². The van der Waals surface area contributed by atoms with Crippen molar-refractivity contribution in [2.24, 2.45) is 0 Å². The van der Waals surface area contributed by atoms with Gasteiger partial charge in [-0.15, -0.1) is 0 Å². The van der Waals surface area contributed by atoms with E-state index in [0.717, 1.165) is 40.1 Å². The fourth-order valence-electron chi connectivity index (χ4n) is 5.46. The lowest BCUT2D eigenvalue weighted by Gasteiger charge is -2.45. The number of fused-ring (bicyclic) bond motifs is 2. The third kappa shape index (κ3) is 4.71. The molecule has 0 atom stereocenters. The number of ether oxygens (including phenoxy) is 1. The Kier molecular flexibility index (Phi) is 7.99. The first-order chi connectivity index (χ1) is 15.4. The first kappa shape index (κ1) is 25.0. The second-order valence-corrected chi connectivity index (χ2v) is 9.36. The second-order valence-electron chi connectivity index (χ2n) is 9.36. The number of benzene rings is 3. The van der Waals surface area contributed by atoms with Crippen LogP contribution in [-0.2, 0) is 4.79 Å². The average molecular weight is 464 g/mol. The number of quaternary nitrogens is 1. The topological polar surface area (TPSA) is 26.3 Å². The summed E-state index contributed by atoms with van der Waals surface area (Å²) in [5.41, 5.74) is 3.28. The molecular weight excluding hydrogens is 430 g/mol. The molecule has 0 radical (unpaired) electrons. The van der Waals surface area contributed by atoms with E-state index in [2.05, 4.69) is 58.0 Å². The molecule has 0 fully saturated rings. The van der Waals surface area contributed by atoms with Crippen molar-refractivity contribution in [1.82, 2.24) is 4.48 Å². The van der Waals surface area contributed by atoms with Crippen LogP contribution in [0.4, 0.5) is 5.69 Å². The van der Waals surface area contributed by atoms with E-state index in [9.17, 15) is 4.79 Å². The first-order valence-corrected chi connectivity index (χ1v) is 11.8. The molecule has 1 heterocycles. The molecule has 0 N–H and O–H groups in total. The monoisotopic (exact) mass is 463 g/mol. The SMILES string of the molecule is CC(C)[N+](CCCC(=O)C1c2ccccc2Oc2ccccc21)(c1ccccc1)C(C)C.[Cl-]. The van der Waals surface area contributed by atoms with E-state index in [1.165, 1.54) is 5.69 Å². The summed E-state index contributed by atoms with van der Waals surface area (Å²) >= 11 is 0. The lowest BCUT2D eigenvalue weighted by atomic mass is 9.83. The minimum atomic E-state index is -0.257. The van der Waals surface area contributed by atoms with Crippen LogP contribution in [0.3, 0.4) is 0 Å². The Morgan fingerprint density at radius 1 is 0.788 bits per heavy atom. The minimum absolute atomic E-state index is 0. The molecule has 0 saturated carbocycles. The van der Waals surface area contributed by atoms with Crippen LogP contribution in [0.2, 0.25) is 0 Å². The molecule has 0 aromatic heterocycles. The van der Waals surface area contributed by atoms with Gasteiger partial charge in [0, 0.05) is 24.0 Å². The van der Waals surface area contributed by atoms with E-state index in [4.69, 9.17) is 4.74 Å². The maximum atomic E-state index is 13.6. The van der Waals surface area contributed by atoms with Gasteiger partial charge in [-0.3, -0.25) is 9.28 Å². The number of Topliss-reactive ketones (excluding diaryl/α,β-unsaturated/α-hetero) is 1. The molecule has 0 aliphatic carbocycles. The summed E-state index contributed by atoms with van der Waals surface area (Å²) in [5, 5.41) is 0. The first-order valence-electron chi connectivity index (χ1n) is 11.8. The Bertz CT molecular complexity index is 1020. The fraction of sp³-hybridized carbons (Fsp3) is 0.345. The van der Waals surface area contributed by atoms with Crippen LogP contribution in [-0.4, -0.2) is 24.4 Å². The van der Waals surface area contributed by atoms with Crippen molar-refractivity contribution in [1.29, 1.82) is 0 Å². The van der Waals surface area contributed by atoms with Crippen LogP contribution in [0.25, 0.3) is 0 Å². The summed E-state index contributed by atoms with van der Waals surface area (Å²) in [6.45, 7) is 10.1. The fourth-order valence-corrected chi connectivity index (χ4v) is 5.46. The summed E-state index contributed by atoms with van der Waals surface area (Å²) < 4.78 is 6.97. The Balaban J connectivity index is 0.00000306. The molecule has 33 heavy (non-hydrogen) atoms. The maximum Gasteiger partial charge on any atom is 0.145 e. The van der Waals surface area contributed by atoms with Crippen LogP contribution in [0.1, 0.15) is 57.6 Å². The van der Waals surface area contributed by atoms with Crippen LogP contribution < -0.4 is 21.6 Å². The van der Waals surface area contributed by atoms with E-state index < -0.39 is 0 Å². The molecule has 3 nitrogen and oxygen atoms in total. The van der Waals surface area contributed by atoms with Crippen molar-refractivity contribution < 1.29 is 21.9 Å². The molecule has 0 unspecified atom stereocenters. The number of para-hydroxylation sites is 3. The van der Waals surface area contributed by atoms with Gasteiger partial charge in [-0.1, -0.05) is 54.6 Å². The molecule has 1 aliphatic heterocycles. The quantitative estimate of drug-likeness (QED) is 0.470. The summed E-state index contributed by atoms with van der Waals surface area (Å²) in [6, 6.07) is 27.5. The Morgan fingerprint density at radius 3 is 1.79 bits per heavy atom. The molecule has 0 bridgehead atoms. The molecule has 1 aliphatic rings. The molecule has 0 amide bonds. The largest absolute Gasteiger partial charge is 1.00 e. The number of rotatable bonds is 8. The summed E-state index contributed by atoms with van der Waals surface area (Å²) in [4.78, 5) is 13.6. The number of carbonyl (C=O) groups excluding carboxylic acids is 1. The Hall–Kier alpha value is -2.62. The zero-order valence-electron chi connectivity index (χ0n) is 20.0. The number of nitrogens with zero attached hydrogens (tertiary/aromatic N) is 1. The van der Waals surface area contributed by atoms with Gasteiger partial charge in [-0.2, -0.15) is 0 Å². The van der Waals surface area contributed by atoms with Crippen LogP contribution in [0, 0.1) is 0 Å². The van der Waals surface area contributed by atoms with Gasteiger partial charge >= 0.3 is 0 Å². The number of hydrogen-bond acceptors (Lipinski definition) is 2. The lowest BCUT2D eigenvalue weighted by molar-refractivity contribution is -0.120. The van der Waals surface area contributed by atoms with E-state index in [1.54, 1.807) is 0 Å². The van der Waals surface area contributed by atoms with Gasteiger partial charge in [-0.05, 0) is 52.0 Å². The van der Waals surface area contributed by atoms with Crippen molar-refractivity contribution >= 4 is 11.5 Å². The summed E-state index contributed by atoms with van der Waals surface area (Å²) in [6.07, 6.45) is 1.41. The van der Waals surface area contributed by atoms with Gasteiger partial charge in [0.15, 0.2) is 0 Å². The molecule has 0 saturated heterocycles. The third-order valence-corrected chi connectivity index (χ3v) is 7.03. The van der Waals surface area contributed by atoms with Gasteiger partial charge in [0.05, 0.1) is 24.5 Å². The van der Waals surface area contributed by atoms with E-state index >= 15 is 0 Å². The Labute approximate surface area is 204 Å². The van der Waals surface area contributed by atoms with E-state index in [0.29, 0.717) is 18.5 Å². The molecule has 3 aromatic carbocycles. The van der Waals surface area contributed by atoms with Crippen LogP contribution >= 0.6 is 0 Å². The predicted molar refractivity (Wildman–Crippen MR) is 132 cm³/mol. The molecule has 174 valence electrons. The second kappa shape index (κ2) is 10.5. The summed E-state index contributed by atoms with van der Waals surface area (Å²) in [5.74, 6) is 1.60. The Morgan fingerprint density at radius 2 is 1.27 bits per heavy atom. The highest BCUT2D eigenvalue weighted by molar-refractivity contribution is 5.91. The van der Waals surface area contributed by atoms with E-state index in [1.807, 2.05) is 48.5 Å². The molecular formula is C29H34ClNO2. The average Bonchev–Trinajstić information content (AvgIpc) is 2.80. The number of hydrogen-bond donors (Lipinski definition) is 0. The zero-order valence-corrected chi connectivity index (χ0v) is 20.8. The van der Waals surface area contributed by atoms with Gasteiger partial charge in [0.2, 0.25) is 0 Å². The van der Waals surface area contributed by atoms with Gasteiger partial charge in [0.1, 0.15) is 23.0 Å². The number of halogens is 1. The minimum Gasteiger partial charge on any atom is -1.00 e. The highest BCUT2D eigenvalue weighted by Crippen LogP contribution is 2.44. The van der Waals surface area contributed by atoms with E-state index in [-0.39, 0.29) is 24.1 Å². The normalized spacial score (nSPS) is 13.2. The van der Waals surface area contributed by atoms with Crippen molar-refractivity contribution in [2.75, 3.05) is 6.54 Å². The van der Waals surface area contributed by atoms with Crippen molar-refractivity contribution in [2.45, 2.75) is 58.5 Å². The number of ketones is 1. The molecule has 3 aromatic rings. The third-order valence-electron chi connectivity index (χ3n) is 7.03. The van der Waals surface area contributed by atoms with Crippen LogP contribution in [0.15, 0.2) is 78.9 Å².